The highest BCUT2D eigenvalue weighted by molar-refractivity contribution is 14.0. The van der Waals surface area contributed by atoms with Crippen LogP contribution in [0.25, 0.3) is 0 Å². The minimum absolute atomic E-state index is 0. The molecule has 2 N–H and O–H groups in total. The predicted octanol–water partition coefficient (Wildman–Crippen LogP) is 2.23. The van der Waals surface area contributed by atoms with Crippen LogP contribution in [0, 0.1) is 0 Å². The molecule has 0 spiro atoms. The lowest BCUT2D eigenvalue weighted by Crippen LogP contribution is -2.55. The average Bonchev–Trinajstić information content (AvgIpc) is 3.35. The van der Waals surface area contributed by atoms with Gasteiger partial charge in [-0.1, -0.05) is 19.1 Å². The van der Waals surface area contributed by atoms with Gasteiger partial charge < -0.3 is 25.2 Å². The normalized spacial score (nSPS) is 18.8. The molecule has 2 aliphatic heterocycles. The molecule has 2 amide bonds. The van der Waals surface area contributed by atoms with Crippen LogP contribution in [0.5, 0.6) is 0 Å². The van der Waals surface area contributed by atoms with Crippen molar-refractivity contribution in [3.05, 3.63) is 35.4 Å². The van der Waals surface area contributed by atoms with E-state index >= 15 is 0 Å². The SMILES string of the molecule is CCCNC(=O)c1cccc(CN=C(NCC)N2CCN(C(=O)C3CCCO3)CC2)c1.I. The van der Waals surface area contributed by atoms with Crippen LogP contribution in [-0.2, 0) is 16.1 Å². The Morgan fingerprint density at radius 3 is 2.53 bits per heavy atom. The number of aliphatic imine (C=N–C) groups is 1. The van der Waals surface area contributed by atoms with Crippen LogP contribution in [0.3, 0.4) is 0 Å². The summed E-state index contributed by atoms with van der Waals surface area (Å²) < 4.78 is 5.55. The van der Waals surface area contributed by atoms with E-state index in [4.69, 9.17) is 9.73 Å². The minimum Gasteiger partial charge on any atom is -0.368 e. The number of amides is 2. The topological polar surface area (TPSA) is 86.3 Å². The molecule has 178 valence electrons. The first-order chi connectivity index (χ1) is 15.1. The van der Waals surface area contributed by atoms with E-state index in [2.05, 4.69) is 15.5 Å². The largest absolute Gasteiger partial charge is 0.368 e. The van der Waals surface area contributed by atoms with Gasteiger partial charge in [-0.25, -0.2) is 4.99 Å². The minimum atomic E-state index is -0.254. The summed E-state index contributed by atoms with van der Waals surface area (Å²) in [4.78, 5) is 33.7. The highest BCUT2D eigenvalue weighted by Gasteiger charge is 2.30. The van der Waals surface area contributed by atoms with E-state index in [0.29, 0.717) is 38.3 Å². The summed E-state index contributed by atoms with van der Waals surface area (Å²) in [5.74, 6) is 0.913. The zero-order valence-electron chi connectivity index (χ0n) is 19.1. The van der Waals surface area contributed by atoms with Crippen molar-refractivity contribution in [2.24, 2.45) is 4.99 Å². The number of piperazine rings is 1. The molecule has 32 heavy (non-hydrogen) atoms. The smallest absolute Gasteiger partial charge is 0.251 e. The molecule has 9 heteroatoms. The van der Waals surface area contributed by atoms with Gasteiger partial charge in [0.1, 0.15) is 6.10 Å². The molecular formula is C23H36IN5O3. The first-order valence-electron chi connectivity index (χ1n) is 11.4. The summed E-state index contributed by atoms with van der Waals surface area (Å²) in [5.41, 5.74) is 1.65. The van der Waals surface area contributed by atoms with Gasteiger partial charge in [-0.05, 0) is 43.9 Å². The van der Waals surface area contributed by atoms with E-state index in [1.165, 1.54) is 0 Å². The molecule has 2 heterocycles. The zero-order valence-corrected chi connectivity index (χ0v) is 21.5. The van der Waals surface area contributed by atoms with Crippen molar-refractivity contribution in [1.82, 2.24) is 20.4 Å². The quantitative estimate of drug-likeness (QED) is 0.305. The number of rotatable bonds is 7. The molecule has 1 aromatic carbocycles. The summed E-state index contributed by atoms with van der Waals surface area (Å²) in [6.07, 6.45) is 2.46. The zero-order chi connectivity index (χ0) is 22.1. The third-order valence-electron chi connectivity index (χ3n) is 5.57. The first kappa shape index (κ1) is 26.4. The van der Waals surface area contributed by atoms with Crippen LogP contribution < -0.4 is 10.6 Å². The summed E-state index contributed by atoms with van der Waals surface area (Å²) >= 11 is 0. The van der Waals surface area contributed by atoms with Gasteiger partial charge in [0.05, 0.1) is 6.54 Å². The molecule has 1 unspecified atom stereocenters. The van der Waals surface area contributed by atoms with E-state index in [1.807, 2.05) is 43.0 Å². The molecule has 0 aromatic heterocycles. The van der Waals surface area contributed by atoms with Crippen LogP contribution in [0.2, 0.25) is 0 Å². The molecule has 8 nitrogen and oxygen atoms in total. The summed E-state index contributed by atoms with van der Waals surface area (Å²) in [6, 6.07) is 7.61. The van der Waals surface area contributed by atoms with E-state index in [0.717, 1.165) is 50.4 Å². The van der Waals surface area contributed by atoms with Crippen molar-refractivity contribution in [3.63, 3.8) is 0 Å². The van der Waals surface area contributed by atoms with Gasteiger partial charge in [0.2, 0.25) is 0 Å². The summed E-state index contributed by atoms with van der Waals surface area (Å²) in [5, 5.41) is 6.27. The monoisotopic (exact) mass is 557 g/mol. The standard InChI is InChI=1S/C23H35N5O3.HI/c1-3-10-25-21(29)19-8-5-7-18(16-19)17-26-23(24-4-2)28-13-11-27(12-14-28)22(30)20-9-6-15-31-20;/h5,7-8,16,20H,3-4,6,9-15,17H2,1-2H3,(H,24,26)(H,25,29);1H. The Hall–Kier alpha value is -1.88. The van der Waals surface area contributed by atoms with Gasteiger partial charge in [-0.3, -0.25) is 9.59 Å². The van der Waals surface area contributed by atoms with Crippen LogP contribution in [0.1, 0.15) is 49.0 Å². The van der Waals surface area contributed by atoms with Crippen LogP contribution in [0.15, 0.2) is 29.3 Å². The molecule has 1 aromatic rings. The lowest BCUT2D eigenvalue weighted by atomic mass is 10.1. The molecule has 2 saturated heterocycles. The highest BCUT2D eigenvalue weighted by Crippen LogP contribution is 2.16. The molecule has 1 atom stereocenters. The van der Waals surface area contributed by atoms with Gasteiger partial charge in [0.15, 0.2) is 5.96 Å². The molecule has 2 aliphatic rings. The number of hydrogen-bond donors (Lipinski definition) is 2. The summed E-state index contributed by atoms with van der Waals surface area (Å²) in [6.45, 7) is 9.54. The summed E-state index contributed by atoms with van der Waals surface area (Å²) in [7, 11) is 0. The van der Waals surface area contributed by atoms with Crippen molar-refractivity contribution < 1.29 is 14.3 Å². The van der Waals surface area contributed by atoms with Crippen LogP contribution in [0.4, 0.5) is 0 Å². The second-order valence-corrected chi connectivity index (χ2v) is 7.94. The number of carbonyl (C=O) groups is 2. The van der Waals surface area contributed by atoms with Gasteiger partial charge in [0.25, 0.3) is 11.8 Å². The fourth-order valence-electron chi connectivity index (χ4n) is 3.86. The Labute approximate surface area is 208 Å². The predicted molar refractivity (Wildman–Crippen MR) is 136 cm³/mol. The maximum absolute atomic E-state index is 12.6. The maximum atomic E-state index is 12.6. The molecule has 2 fully saturated rings. The molecule has 3 rings (SSSR count). The Balaban J connectivity index is 0.00000363. The Bertz CT molecular complexity index is 775. The molecule has 0 bridgehead atoms. The van der Waals surface area contributed by atoms with Gasteiger partial charge >= 0.3 is 0 Å². The van der Waals surface area contributed by atoms with Gasteiger partial charge in [0, 0.05) is 51.4 Å². The first-order valence-corrected chi connectivity index (χ1v) is 11.4. The second kappa shape index (κ2) is 13.6. The number of ether oxygens (including phenoxy) is 1. The fraction of sp³-hybridized carbons (Fsp3) is 0.609. The van der Waals surface area contributed by atoms with Crippen LogP contribution >= 0.6 is 24.0 Å². The second-order valence-electron chi connectivity index (χ2n) is 7.94. The van der Waals surface area contributed by atoms with E-state index in [9.17, 15) is 9.59 Å². The molecular weight excluding hydrogens is 521 g/mol. The number of hydrogen-bond acceptors (Lipinski definition) is 4. The molecule has 0 saturated carbocycles. The van der Waals surface area contributed by atoms with Crippen molar-refractivity contribution in [2.75, 3.05) is 45.9 Å². The number of carbonyl (C=O) groups excluding carboxylic acids is 2. The lowest BCUT2D eigenvalue weighted by Gasteiger charge is -2.37. The highest BCUT2D eigenvalue weighted by atomic mass is 127. The number of nitrogens with one attached hydrogen (secondary N) is 2. The number of benzene rings is 1. The number of halogens is 1. The van der Waals surface area contributed by atoms with E-state index < -0.39 is 0 Å². The van der Waals surface area contributed by atoms with E-state index in [-0.39, 0.29) is 41.9 Å². The number of nitrogens with zero attached hydrogens (tertiary/aromatic N) is 3. The van der Waals surface area contributed by atoms with Crippen molar-refractivity contribution in [3.8, 4) is 0 Å². The average molecular weight is 557 g/mol. The third kappa shape index (κ3) is 7.33. The van der Waals surface area contributed by atoms with E-state index in [1.54, 1.807) is 0 Å². The van der Waals surface area contributed by atoms with Crippen molar-refractivity contribution in [2.45, 2.75) is 45.8 Å². The van der Waals surface area contributed by atoms with Gasteiger partial charge in [-0.2, -0.15) is 0 Å². The van der Waals surface area contributed by atoms with Crippen molar-refractivity contribution >= 4 is 41.8 Å². The molecule has 0 aliphatic carbocycles. The maximum Gasteiger partial charge on any atom is 0.251 e. The Morgan fingerprint density at radius 1 is 1.12 bits per heavy atom. The van der Waals surface area contributed by atoms with Crippen LogP contribution in [-0.4, -0.2) is 79.6 Å². The van der Waals surface area contributed by atoms with Crippen molar-refractivity contribution in [1.29, 1.82) is 0 Å². The Kier molecular flexibility index (Phi) is 11.2. The Morgan fingerprint density at radius 2 is 1.88 bits per heavy atom. The molecule has 0 radical (unpaired) electrons. The lowest BCUT2D eigenvalue weighted by molar-refractivity contribution is -0.142. The fourth-order valence-corrected chi connectivity index (χ4v) is 3.86. The number of guanidine groups is 1. The third-order valence-corrected chi connectivity index (χ3v) is 5.57. The van der Waals surface area contributed by atoms with Gasteiger partial charge in [-0.15, -0.1) is 24.0 Å².